The van der Waals surface area contributed by atoms with E-state index in [9.17, 15) is 8.78 Å². The Kier molecular flexibility index (Phi) is 2.56. The van der Waals surface area contributed by atoms with Crippen molar-refractivity contribution < 1.29 is 8.78 Å². The van der Waals surface area contributed by atoms with Gasteiger partial charge in [0, 0.05) is 17.8 Å². The first-order chi connectivity index (χ1) is 7.58. The molecule has 0 aliphatic carbocycles. The summed E-state index contributed by atoms with van der Waals surface area (Å²) in [5.41, 5.74) is 6.82. The number of halogens is 2. The summed E-state index contributed by atoms with van der Waals surface area (Å²) >= 11 is 0. The standard InChI is InChI=1S/C12H10F2N2/c1-7-4-9(11(14)6-10(7)13)8-2-3-16-12(15)5-8/h2-6H,1H3,(H2,15,16). The Morgan fingerprint density at radius 1 is 1.12 bits per heavy atom. The molecule has 0 fully saturated rings. The van der Waals surface area contributed by atoms with E-state index in [4.69, 9.17) is 5.73 Å². The molecule has 2 nitrogen and oxygen atoms in total. The van der Waals surface area contributed by atoms with Gasteiger partial charge in [-0.25, -0.2) is 13.8 Å². The van der Waals surface area contributed by atoms with Crippen LogP contribution in [0.1, 0.15) is 5.56 Å². The predicted octanol–water partition coefficient (Wildman–Crippen LogP) is 2.92. The van der Waals surface area contributed by atoms with Crippen LogP contribution >= 0.6 is 0 Å². The molecule has 2 N–H and O–H groups in total. The molecule has 4 heteroatoms. The number of nitrogens with two attached hydrogens (primary N) is 1. The highest BCUT2D eigenvalue weighted by atomic mass is 19.1. The Labute approximate surface area is 91.7 Å². The quantitative estimate of drug-likeness (QED) is 0.802. The Hall–Kier alpha value is -1.97. The fraction of sp³-hybridized carbons (Fsp3) is 0.0833. The number of hydrogen-bond acceptors (Lipinski definition) is 2. The van der Waals surface area contributed by atoms with Crippen LogP contribution < -0.4 is 5.73 Å². The molecule has 0 saturated carbocycles. The van der Waals surface area contributed by atoms with Gasteiger partial charge in [-0.15, -0.1) is 0 Å². The van der Waals surface area contributed by atoms with E-state index in [1.165, 1.54) is 12.3 Å². The van der Waals surface area contributed by atoms with Crippen molar-refractivity contribution in [2.45, 2.75) is 6.92 Å². The van der Waals surface area contributed by atoms with Crippen molar-refractivity contribution in [3.63, 3.8) is 0 Å². The van der Waals surface area contributed by atoms with E-state index >= 15 is 0 Å². The Morgan fingerprint density at radius 3 is 2.56 bits per heavy atom. The molecule has 2 aromatic rings. The number of nitrogens with zero attached hydrogens (tertiary/aromatic N) is 1. The van der Waals surface area contributed by atoms with Gasteiger partial charge in [0.25, 0.3) is 0 Å². The van der Waals surface area contributed by atoms with E-state index in [1.807, 2.05) is 0 Å². The predicted molar refractivity (Wildman–Crippen MR) is 58.7 cm³/mol. The Morgan fingerprint density at radius 2 is 1.88 bits per heavy atom. The van der Waals surface area contributed by atoms with Crippen LogP contribution in [-0.2, 0) is 0 Å². The molecule has 0 atom stereocenters. The molecule has 0 spiro atoms. The van der Waals surface area contributed by atoms with E-state index < -0.39 is 11.6 Å². The van der Waals surface area contributed by atoms with Gasteiger partial charge in [0.05, 0.1) is 0 Å². The Bertz CT molecular complexity index is 539. The molecule has 0 aliphatic rings. The summed E-state index contributed by atoms with van der Waals surface area (Å²) < 4.78 is 26.6. The number of hydrogen-bond donors (Lipinski definition) is 1. The van der Waals surface area contributed by atoms with E-state index in [-0.39, 0.29) is 0 Å². The molecule has 0 amide bonds. The molecule has 0 bridgehead atoms. The molecule has 2 rings (SSSR count). The molecule has 0 saturated heterocycles. The van der Waals surface area contributed by atoms with E-state index in [0.717, 1.165) is 6.07 Å². The first kappa shape index (κ1) is 10.5. The average molecular weight is 220 g/mol. The van der Waals surface area contributed by atoms with Gasteiger partial charge in [0.15, 0.2) is 0 Å². The summed E-state index contributed by atoms with van der Waals surface area (Å²) in [7, 11) is 0. The lowest BCUT2D eigenvalue weighted by Gasteiger charge is -2.06. The van der Waals surface area contributed by atoms with Crippen molar-refractivity contribution in [1.29, 1.82) is 0 Å². The maximum Gasteiger partial charge on any atom is 0.133 e. The molecule has 82 valence electrons. The van der Waals surface area contributed by atoms with Gasteiger partial charge >= 0.3 is 0 Å². The number of anilines is 1. The average Bonchev–Trinajstić information content (AvgIpc) is 2.23. The second kappa shape index (κ2) is 3.89. The summed E-state index contributed by atoms with van der Waals surface area (Å²) in [6, 6.07) is 5.52. The highest BCUT2D eigenvalue weighted by molar-refractivity contribution is 5.67. The van der Waals surface area contributed by atoms with Crippen LogP contribution in [0, 0.1) is 18.6 Å². The molecule has 0 radical (unpaired) electrons. The fourth-order valence-electron chi connectivity index (χ4n) is 1.49. The normalized spacial score (nSPS) is 10.4. The number of benzene rings is 1. The van der Waals surface area contributed by atoms with Crippen LogP contribution in [-0.4, -0.2) is 4.98 Å². The van der Waals surface area contributed by atoms with Crippen LogP contribution in [0.3, 0.4) is 0 Å². The first-order valence-corrected chi connectivity index (χ1v) is 4.75. The molecule has 0 aliphatic heterocycles. The van der Waals surface area contributed by atoms with Crippen molar-refractivity contribution >= 4 is 5.82 Å². The lowest BCUT2D eigenvalue weighted by atomic mass is 10.0. The number of nitrogen functional groups attached to an aromatic ring is 1. The molecule has 1 heterocycles. The molecule has 16 heavy (non-hydrogen) atoms. The third-order valence-corrected chi connectivity index (χ3v) is 2.34. The van der Waals surface area contributed by atoms with Gasteiger partial charge in [-0.05, 0) is 36.2 Å². The van der Waals surface area contributed by atoms with Crippen LogP contribution in [0.25, 0.3) is 11.1 Å². The smallest absolute Gasteiger partial charge is 0.133 e. The van der Waals surface area contributed by atoms with Gasteiger partial charge in [0.1, 0.15) is 17.5 Å². The highest BCUT2D eigenvalue weighted by Gasteiger charge is 2.09. The van der Waals surface area contributed by atoms with E-state index in [2.05, 4.69) is 4.98 Å². The topological polar surface area (TPSA) is 38.9 Å². The fourth-order valence-corrected chi connectivity index (χ4v) is 1.49. The van der Waals surface area contributed by atoms with Gasteiger partial charge in [0.2, 0.25) is 0 Å². The Balaban J connectivity index is 2.60. The van der Waals surface area contributed by atoms with Crippen molar-refractivity contribution in [2.24, 2.45) is 0 Å². The molecular weight excluding hydrogens is 210 g/mol. The van der Waals surface area contributed by atoms with Crippen molar-refractivity contribution in [1.82, 2.24) is 4.98 Å². The van der Waals surface area contributed by atoms with Gasteiger partial charge in [-0.2, -0.15) is 0 Å². The zero-order chi connectivity index (χ0) is 11.7. The summed E-state index contributed by atoms with van der Waals surface area (Å²) in [5, 5.41) is 0. The molecule has 1 aromatic heterocycles. The third kappa shape index (κ3) is 1.86. The van der Waals surface area contributed by atoms with Crippen LogP contribution in [0.4, 0.5) is 14.6 Å². The minimum atomic E-state index is -0.603. The monoisotopic (exact) mass is 220 g/mol. The maximum atomic E-state index is 13.5. The highest BCUT2D eigenvalue weighted by Crippen LogP contribution is 2.25. The lowest BCUT2D eigenvalue weighted by molar-refractivity contribution is 0.579. The molecule has 1 aromatic carbocycles. The van der Waals surface area contributed by atoms with Crippen LogP contribution in [0.5, 0.6) is 0 Å². The zero-order valence-electron chi connectivity index (χ0n) is 8.67. The van der Waals surface area contributed by atoms with Crippen molar-refractivity contribution in [3.8, 4) is 11.1 Å². The summed E-state index contributed by atoms with van der Waals surface area (Å²) in [4.78, 5) is 3.82. The number of rotatable bonds is 1. The van der Waals surface area contributed by atoms with E-state index in [1.54, 1.807) is 19.1 Å². The number of aryl methyl sites for hydroxylation is 1. The SMILES string of the molecule is Cc1cc(-c2ccnc(N)c2)c(F)cc1F. The van der Waals surface area contributed by atoms with Crippen LogP contribution in [0.15, 0.2) is 30.5 Å². The molecule has 0 unspecified atom stereocenters. The van der Waals surface area contributed by atoms with Crippen molar-refractivity contribution in [2.75, 3.05) is 5.73 Å². The minimum Gasteiger partial charge on any atom is -0.384 e. The zero-order valence-corrected chi connectivity index (χ0v) is 8.67. The van der Waals surface area contributed by atoms with Crippen LogP contribution in [0.2, 0.25) is 0 Å². The largest absolute Gasteiger partial charge is 0.384 e. The second-order valence-corrected chi connectivity index (χ2v) is 3.55. The maximum absolute atomic E-state index is 13.5. The third-order valence-electron chi connectivity index (χ3n) is 2.34. The summed E-state index contributed by atoms with van der Waals surface area (Å²) in [6.45, 7) is 1.59. The lowest BCUT2D eigenvalue weighted by Crippen LogP contribution is -1.93. The number of pyridine rings is 1. The van der Waals surface area contributed by atoms with E-state index in [0.29, 0.717) is 22.5 Å². The second-order valence-electron chi connectivity index (χ2n) is 3.55. The van der Waals surface area contributed by atoms with Crippen molar-refractivity contribution in [3.05, 3.63) is 47.7 Å². The minimum absolute atomic E-state index is 0.305. The van der Waals surface area contributed by atoms with Gasteiger partial charge in [-0.3, -0.25) is 0 Å². The summed E-state index contributed by atoms with van der Waals surface area (Å²) in [6.07, 6.45) is 1.49. The number of aromatic nitrogens is 1. The molecular formula is C12H10F2N2. The van der Waals surface area contributed by atoms with Gasteiger partial charge < -0.3 is 5.73 Å². The first-order valence-electron chi connectivity index (χ1n) is 4.75. The van der Waals surface area contributed by atoms with Gasteiger partial charge in [-0.1, -0.05) is 0 Å². The summed E-state index contributed by atoms with van der Waals surface area (Å²) in [5.74, 6) is -0.851.